The van der Waals surface area contributed by atoms with Gasteiger partial charge in [0.2, 0.25) is 0 Å². The molecule has 12 heteroatoms. The van der Waals surface area contributed by atoms with Crippen LogP contribution < -0.4 is 9.64 Å². The van der Waals surface area contributed by atoms with Crippen molar-refractivity contribution in [2.45, 2.75) is 51.2 Å². The third-order valence-corrected chi connectivity index (χ3v) is 5.79. The molecule has 0 amide bonds. The quantitative estimate of drug-likeness (QED) is 0.587. The summed E-state index contributed by atoms with van der Waals surface area (Å²) in [7, 11) is 0. The summed E-state index contributed by atoms with van der Waals surface area (Å²) in [5.74, 6) is -4.93. The molecule has 1 aromatic rings. The van der Waals surface area contributed by atoms with Crippen LogP contribution in [0.3, 0.4) is 0 Å². The lowest BCUT2D eigenvalue weighted by atomic mass is 10.0. The maximum absolute atomic E-state index is 12.7. The van der Waals surface area contributed by atoms with Crippen LogP contribution in [0.5, 0.6) is 5.75 Å². The van der Waals surface area contributed by atoms with E-state index < -0.39 is 35.5 Å². The van der Waals surface area contributed by atoms with Crippen molar-refractivity contribution in [3.63, 3.8) is 0 Å². The standard InChI is InChI=1S/C21H23ClN2O9/c1-3-29-15-12-13(22)4-5-14(15)23-10-11-24-20(2,30-16(25)8-9-19(28)33-24)21(23)31-17(26)6-7-18(27)32-21/h4-5,12H,3,6-11H2,1-2H3/t20-/m0/s1. The van der Waals surface area contributed by atoms with E-state index in [0.717, 1.165) is 5.06 Å². The van der Waals surface area contributed by atoms with E-state index in [0.29, 0.717) is 23.1 Å². The fourth-order valence-corrected chi connectivity index (χ4v) is 4.21. The van der Waals surface area contributed by atoms with Gasteiger partial charge in [-0.2, -0.15) is 0 Å². The Bertz CT molecular complexity index is 982. The molecular formula is C21H23ClN2O9. The van der Waals surface area contributed by atoms with Crippen LogP contribution in [0.25, 0.3) is 0 Å². The van der Waals surface area contributed by atoms with Crippen LogP contribution in [0.15, 0.2) is 18.2 Å². The van der Waals surface area contributed by atoms with Crippen molar-refractivity contribution >= 4 is 41.2 Å². The molecule has 0 aliphatic carbocycles. The fourth-order valence-electron chi connectivity index (χ4n) is 4.05. The first-order chi connectivity index (χ1) is 15.7. The van der Waals surface area contributed by atoms with Gasteiger partial charge in [-0.05, 0) is 19.1 Å². The third kappa shape index (κ3) is 4.06. The Labute approximate surface area is 194 Å². The number of carbonyl (C=O) groups is 4. The van der Waals surface area contributed by atoms with Crippen LogP contribution in [0.4, 0.5) is 5.69 Å². The van der Waals surface area contributed by atoms with Gasteiger partial charge in [0.25, 0.3) is 5.72 Å². The van der Waals surface area contributed by atoms with Gasteiger partial charge in [-0.25, -0.2) is 0 Å². The molecule has 1 aromatic carbocycles. The molecule has 0 saturated carbocycles. The summed E-state index contributed by atoms with van der Waals surface area (Å²) in [6.07, 6.45) is -0.924. The van der Waals surface area contributed by atoms with E-state index in [4.69, 9.17) is 35.4 Å². The van der Waals surface area contributed by atoms with Crippen molar-refractivity contribution in [3.8, 4) is 5.75 Å². The molecule has 4 rings (SSSR count). The number of esters is 3. The number of hydroxylamine groups is 2. The van der Waals surface area contributed by atoms with E-state index in [1.165, 1.54) is 11.8 Å². The predicted molar refractivity (Wildman–Crippen MR) is 111 cm³/mol. The first-order valence-electron chi connectivity index (χ1n) is 10.5. The molecule has 0 N–H and O–H groups in total. The van der Waals surface area contributed by atoms with Crippen LogP contribution in [-0.4, -0.2) is 60.3 Å². The van der Waals surface area contributed by atoms with E-state index in [2.05, 4.69) is 0 Å². The Morgan fingerprint density at radius 2 is 1.55 bits per heavy atom. The molecule has 3 saturated heterocycles. The second-order valence-corrected chi connectivity index (χ2v) is 8.19. The van der Waals surface area contributed by atoms with E-state index in [-0.39, 0.29) is 38.8 Å². The summed E-state index contributed by atoms with van der Waals surface area (Å²) in [6, 6.07) is 4.76. The molecule has 3 aliphatic heterocycles. The summed E-state index contributed by atoms with van der Waals surface area (Å²) >= 11 is 6.15. The number of hydrogen-bond donors (Lipinski definition) is 0. The lowest BCUT2D eigenvalue weighted by Gasteiger charge is -2.56. The number of nitrogens with zero attached hydrogens (tertiary/aromatic N) is 2. The topological polar surface area (TPSA) is 121 Å². The number of benzene rings is 1. The van der Waals surface area contributed by atoms with Gasteiger partial charge in [-0.3, -0.25) is 24.1 Å². The predicted octanol–water partition coefficient (Wildman–Crippen LogP) is 1.91. The maximum Gasteiger partial charge on any atom is 0.402 e. The number of hydrogen-bond acceptors (Lipinski definition) is 11. The molecule has 0 aromatic heterocycles. The van der Waals surface area contributed by atoms with Gasteiger partial charge in [0, 0.05) is 24.6 Å². The van der Waals surface area contributed by atoms with Gasteiger partial charge in [-0.1, -0.05) is 16.7 Å². The molecular weight excluding hydrogens is 460 g/mol. The van der Waals surface area contributed by atoms with E-state index in [1.807, 2.05) is 0 Å². The van der Waals surface area contributed by atoms with Gasteiger partial charge in [0.1, 0.15) is 5.75 Å². The Kier molecular flexibility index (Phi) is 6.10. The zero-order chi connectivity index (χ0) is 23.8. The van der Waals surface area contributed by atoms with Crippen molar-refractivity contribution < 1.29 is 43.0 Å². The average molecular weight is 483 g/mol. The Balaban J connectivity index is 1.93. The number of piperazine rings is 1. The Hall–Kier alpha value is -3.05. The van der Waals surface area contributed by atoms with Crippen molar-refractivity contribution in [3.05, 3.63) is 23.2 Å². The van der Waals surface area contributed by atoms with Gasteiger partial charge in [0.15, 0.2) is 0 Å². The largest absolute Gasteiger partial charge is 0.492 e. The highest BCUT2D eigenvalue weighted by Gasteiger charge is 2.71. The normalized spacial score (nSPS) is 25.6. The maximum atomic E-state index is 12.7. The first kappa shape index (κ1) is 23.1. The highest BCUT2D eigenvalue weighted by Crippen LogP contribution is 2.48. The molecule has 178 valence electrons. The average Bonchev–Trinajstić information content (AvgIpc) is 2.90. The van der Waals surface area contributed by atoms with Gasteiger partial charge in [0.05, 0.1) is 44.5 Å². The molecule has 3 aliphatic rings. The molecule has 33 heavy (non-hydrogen) atoms. The van der Waals surface area contributed by atoms with E-state index >= 15 is 0 Å². The minimum Gasteiger partial charge on any atom is -0.492 e. The second kappa shape index (κ2) is 8.71. The van der Waals surface area contributed by atoms with E-state index in [1.54, 1.807) is 25.1 Å². The molecule has 0 bridgehead atoms. The molecule has 11 nitrogen and oxygen atoms in total. The fraction of sp³-hybridized carbons (Fsp3) is 0.524. The van der Waals surface area contributed by atoms with Crippen LogP contribution in [0.2, 0.25) is 5.02 Å². The lowest BCUT2D eigenvalue weighted by molar-refractivity contribution is -0.392. The number of carbonyl (C=O) groups excluding carboxylic acids is 4. The Morgan fingerprint density at radius 1 is 0.939 bits per heavy atom. The zero-order valence-electron chi connectivity index (χ0n) is 18.1. The number of halogens is 1. The van der Waals surface area contributed by atoms with Crippen LogP contribution in [0.1, 0.15) is 39.5 Å². The lowest BCUT2D eigenvalue weighted by Crippen LogP contribution is -2.79. The van der Waals surface area contributed by atoms with E-state index in [9.17, 15) is 19.2 Å². The molecule has 0 unspecified atom stereocenters. The Morgan fingerprint density at radius 3 is 2.18 bits per heavy atom. The van der Waals surface area contributed by atoms with Gasteiger partial charge in [-0.15, -0.1) is 0 Å². The first-order valence-corrected chi connectivity index (χ1v) is 10.9. The summed E-state index contributed by atoms with van der Waals surface area (Å²) < 4.78 is 22.9. The summed E-state index contributed by atoms with van der Waals surface area (Å²) in [6.45, 7) is 3.51. The van der Waals surface area contributed by atoms with Crippen LogP contribution in [0, 0.1) is 0 Å². The molecule has 1 spiro atoms. The number of fused-ring (bicyclic) bond motifs is 2. The third-order valence-electron chi connectivity index (χ3n) is 5.55. The molecule has 3 heterocycles. The molecule has 3 fully saturated rings. The van der Waals surface area contributed by atoms with Gasteiger partial charge >= 0.3 is 29.8 Å². The number of anilines is 1. The minimum atomic E-state index is -2.32. The minimum absolute atomic E-state index is 0.0283. The molecule has 0 radical (unpaired) electrons. The van der Waals surface area contributed by atoms with Crippen molar-refractivity contribution in [2.75, 3.05) is 24.6 Å². The van der Waals surface area contributed by atoms with Crippen LogP contribution >= 0.6 is 11.6 Å². The summed E-state index contributed by atoms with van der Waals surface area (Å²) in [5, 5.41) is 1.47. The number of rotatable bonds is 3. The van der Waals surface area contributed by atoms with Crippen molar-refractivity contribution in [2.24, 2.45) is 0 Å². The highest BCUT2D eigenvalue weighted by atomic mass is 35.5. The summed E-state index contributed by atoms with van der Waals surface area (Å²) in [5.41, 5.74) is -1.66. The monoisotopic (exact) mass is 482 g/mol. The van der Waals surface area contributed by atoms with Gasteiger partial charge < -0.3 is 23.8 Å². The number of ether oxygens (including phenoxy) is 4. The van der Waals surface area contributed by atoms with Crippen molar-refractivity contribution in [1.29, 1.82) is 0 Å². The molecule has 1 atom stereocenters. The van der Waals surface area contributed by atoms with Crippen molar-refractivity contribution in [1.82, 2.24) is 5.06 Å². The van der Waals surface area contributed by atoms with Crippen LogP contribution in [-0.2, 0) is 38.2 Å². The highest BCUT2D eigenvalue weighted by molar-refractivity contribution is 6.30. The summed E-state index contributed by atoms with van der Waals surface area (Å²) in [4.78, 5) is 57.0. The second-order valence-electron chi connectivity index (χ2n) is 7.75. The SMILES string of the molecule is CCOc1cc(Cl)ccc1N1CCN2OC(=O)CCC(=O)O[C@@]2(C)C12OC(=O)CCC(=O)O2. The zero-order valence-corrected chi connectivity index (χ0v) is 18.9. The smallest absolute Gasteiger partial charge is 0.402 e.